The molecule has 0 amide bonds. The summed E-state index contributed by atoms with van der Waals surface area (Å²) in [5.41, 5.74) is 3.04. The van der Waals surface area contributed by atoms with Crippen molar-refractivity contribution in [2.24, 2.45) is 4.99 Å². The van der Waals surface area contributed by atoms with Crippen LogP contribution in [0, 0.1) is 5.82 Å². The van der Waals surface area contributed by atoms with Crippen LogP contribution in [0.3, 0.4) is 0 Å². The highest BCUT2D eigenvalue weighted by Crippen LogP contribution is 2.22. The van der Waals surface area contributed by atoms with Gasteiger partial charge in [-0.2, -0.15) is 0 Å². The third-order valence-corrected chi connectivity index (χ3v) is 4.39. The van der Waals surface area contributed by atoms with Crippen molar-refractivity contribution in [1.82, 2.24) is 10.6 Å². The maximum absolute atomic E-state index is 13.5. The molecule has 4 nitrogen and oxygen atoms in total. The van der Waals surface area contributed by atoms with Gasteiger partial charge in [0.25, 0.3) is 0 Å². The number of benzene rings is 2. The number of nitrogens with one attached hydrogen (secondary N) is 2. The second-order valence-electron chi connectivity index (χ2n) is 6.88. The number of halogens is 2. The molecule has 2 aromatic rings. The maximum atomic E-state index is 13.5. The van der Waals surface area contributed by atoms with Crippen LogP contribution in [0.25, 0.3) is 0 Å². The predicted molar refractivity (Wildman–Crippen MR) is 120 cm³/mol. The molecule has 0 aliphatic carbocycles. The molecular weight excluding hydrogens is 456 g/mol. The zero-order valence-corrected chi connectivity index (χ0v) is 18.7. The van der Waals surface area contributed by atoms with E-state index >= 15 is 0 Å². The van der Waals surface area contributed by atoms with Gasteiger partial charge in [0, 0.05) is 32.7 Å². The Hall–Kier alpha value is -1.67. The van der Waals surface area contributed by atoms with Crippen molar-refractivity contribution in [3.05, 3.63) is 71.0 Å². The van der Waals surface area contributed by atoms with E-state index in [9.17, 15) is 4.39 Å². The molecule has 0 heterocycles. The van der Waals surface area contributed by atoms with Crippen LogP contribution in [-0.4, -0.2) is 26.7 Å². The summed E-state index contributed by atoms with van der Waals surface area (Å²) in [5, 5.41) is 6.66. The minimum atomic E-state index is -0.228. The second-order valence-corrected chi connectivity index (χ2v) is 6.88. The minimum absolute atomic E-state index is 0. The first-order valence-electron chi connectivity index (χ1n) is 8.72. The molecule has 0 aliphatic heterocycles. The summed E-state index contributed by atoms with van der Waals surface area (Å²) >= 11 is 0. The lowest BCUT2D eigenvalue weighted by molar-refractivity contribution is 0.184. The maximum Gasteiger partial charge on any atom is 0.191 e. The lowest BCUT2D eigenvalue weighted by Crippen LogP contribution is -2.43. The molecule has 148 valence electrons. The predicted octanol–water partition coefficient (Wildman–Crippen LogP) is 4.23. The van der Waals surface area contributed by atoms with Crippen LogP contribution in [0.15, 0.2) is 53.5 Å². The van der Waals surface area contributed by atoms with E-state index in [0.717, 1.165) is 11.1 Å². The average Bonchev–Trinajstić information content (AvgIpc) is 2.63. The monoisotopic (exact) mass is 485 g/mol. The van der Waals surface area contributed by atoms with Gasteiger partial charge in [-0.25, -0.2) is 4.39 Å². The van der Waals surface area contributed by atoms with Crippen LogP contribution in [0.5, 0.6) is 0 Å². The Morgan fingerprint density at radius 3 is 2.41 bits per heavy atom. The Morgan fingerprint density at radius 2 is 1.78 bits per heavy atom. The molecule has 0 unspecified atom stereocenters. The number of nitrogens with zero attached hydrogens (tertiary/aromatic N) is 1. The van der Waals surface area contributed by atoms with E-state index in [0.29, 0.717) is 25.7 Å². The second kappa shape index (κ2) is 11.2. The molecule has 0 radical (unpaired) electrons. The van der Waals surface area contributed by atoms with Gasteiger partial charge in [0.05, 0.1) is 6.61 Å². The fourth-order valence-corrected chi connectivity index (χ4v) is 2.74. The van der Waals surface area contributed by atoms with E-state index in [4.69, 9.17) is 4.74 Å². The van der Waals surface area contributed by atoms with E-state index in [-0.39, 0.29) is 35.2 Å². The summed E-state index contributed by atoms with van der Waals surface area (Å²) in [4.78, 5) is 4.28. The van der Waals surface area contributed by atoms with E-state index in [1.54, 1.807) is 26.3 Å². The van der Waals surface area contributed by atoms with Crippen molar-refractivity contribution < 1.29 is 9.13 Å². The van der Waals surface area contributed by atoms with E-state index in [1.807, 2.05) is 18.2 Å². The summed E-state index contributed by atoms with van der Waals surface area (Å²) in [5.74, 6) is 0.495. The molecule has 0 aromatic heterocycles. The fourth-order valence-electron chi connectivity index (χ4n) is 2.74. The molecule has 0 bridgehead atoms. The molecule has 0 spiro atoms. The fraction of sp³-hybridized carbons (Fsp3) is 0.381. The third kappa shape index (κ3) is 7.10. The smallest absolute Gasteiger partial charge is 0.191 e. The van der Waals surface area contributed by atoms with Crippen molar-refractivity contribution in [2.75, 3.05) is 20.7 Å². The van der Waals surface area contributed by atoms with Crippen LogP contribution in [-0.2, 0) is 23.3 Å². The molecule has 0 saturated heterocycles. The van der Waals surface area contributed by atoms with Crippen LogP contribution >= 0.6 is 24.0 Å². The lowest BCUT2D eigenvalue weighted by Gasteiger charge is -2.27. The van der Waals surface area contributed by atoms with Crippen molar-refractivity contribution >= 4 is 29.9 Å². The summed E-state index contributed by atoms with van der Waals surface area (Å²) in [6, 6.07) is 14.9. The van der Waals surface area contributed by atoms with Gasteiger partial charge in [0.2, 0.25) is 0 Å². The number of ether oxygens (including phenoxy) is 1. The standard InChI is InChI=1S/C21H28FN3O.HI/c1-21(2,18-10-7-11-19(22)12-18)15-25-20(23-3)24-13-16-8-5-6-9-17(16)14-26-4;/h5-12H,13-15H2,1-4H3,(H2,23,24,25);1H. The van der Waals surface area contributed by atoms with Crippen molar-refractivity contribution in [1.29, 1.82) is 0 Å². The Morgan fingerprint density at radius 1 is 1.07 bits per heavy atom. The van der Waals surface area contributed by atoms with Crippen LogP contribution < -0.4 is 10.6 Å². The number of hydrogen-bond donors (Lipinski definition) is 2. The summed E-state index contributed by atoms with van der Waals surface area (Å²) in [6.45, 7) is 6.03. The van der Waals surface area contributed by atoms with Gasteiger partial charge < -0.3 is 15.4 Å². The van der Waals surface area contributed by atoms with Gasteiger partial charge in [-0.3, -0.25) is 4.99 Å². The molecule has 0 saturated carbocycles. The van der Waals surface area contributed by atoms with E-state index in [2.05, 4.69) is 41.6 Å². The topological polar surface area (TPSA) is 45.7 Å². The number of methoxy groups -OCH3 is 1. The first-order valence-corrected chi connectivity index (χ1v) is 8.72. The zero-order valence-electron chi connectivity index (χ0n) is 16.4. The van der Waals surface area contributed by atoms with Gasteiger partial charge in [-0.15, -0.1) is 24.0 Å². The highest BCUT2D eigenvalue weighted by Gasteiger charge is 2.21. The molecule has 0 fully saturated rings. The van der Waals surface area contributed by atoms with Gasteiger partial charge in [-0.05, 0) is 28.8 Å². The summed E-state index contributed by atoms with van der Waals surface area (Å²) < 4.78 is 18.8. The largest absolute Gasteiger partial charge is 0.380 e. The Bertz CT molecular complexity index is 750. The molecule has 0 atom stereocenters. The van der Waals surface area contributed by atoms with E-state index in [1.165, 1.54) is 11.6 Å². The number of aliphatic imine (C=N–C) groups is 1. The van der Waals surface area contributed by atoms with Gasteiger partial charge in [0.15, 0.2) is 5.96 Å². The first kappa shape index (κ1) is 23.4. The highest BCUT2D eigenvalue weighted by molar-refractivity contribution is 14.0. The van der Waals surface area contributed by atoms with Crippen LogP contribution in [0.1, 0.15) is 30.5 Å². The normalized spacial score (nSPS) is 11.7. The van der Waals surface area contributed by atoms with Gasteiger partial charge >= 0.3 is 0 Å². The Labute approximate surface area is 178 Å². The molecule has 2 rings (SSSR count). The van der Waals surface area contributed by atoms with E-state index < -0.39 is 0 Å². The molecule has 27 heavy (non-hydrogen) atoms. The number of guanidine groups is 1. The minimum Gasteiger partial charge on any atom is -0.380 e. The first-order chi connectivity index (χ1) is 12.5. The molecule has 2 aromatic carbocycles. The van der Waals surface area contributed by atoms with Crippen LogP contribution in [0.2, 0.25) is 0 Å². The van der Waals surface area contributed by atoms with Gasteiger partial charge in [-0.1, -0.05) is 50.2 Å². The quantitative estimate of drug-likeness (QED) is 0.351. The van der Waals surface area contributed by atoms with Gasteiger partial charge in [0.1, 0.15) is 5.82 Å². The third-order valence-electron chi connectivity index (χ3n) is 4.39. The molecule has 0 aliphatic rings. The van der Waals surface area contributed by atoms with Crippen LogP contribution in [0.4, 0.5) is 4.39 Å². The Balaban J connectivity index is 0.00000364. The number of rotatable bonds is 7. The van der Waals surface area contributed by atoms with Crippen molar-refractivity contribution in [2.45, 2.75) is 32.4 Å². The van der Waals surface area contributed by atoms with Crippen molar-refractivity contribution in [3.63, 3.8) is 0 Å². The van der Waals surface area contributed by atoms with Crippen molar-refractivity contribution in [3.8, 4) is 0 Å². The summed E-state index contributed by atoms with van der Waals surface area (Å²) in [7, 11) is 3.44. The average molecular weight is 485 g/mol. The Kier molecular flexibility index (Phi) is 9.73. The molecule has 2 N–H and O–H groups in total. The number of hydrogen-bond acceptors (Lipinski definition) is 2. The lowest BCUT2D eigenvalue weighted by atomic mass is 9.84. The SMILES string of the molecule is CN=C(NCc1ccccc1COC)NCC(C)(C)c1cccc(F)c1.I. The molecule has 6 heteroatoms. The highest BCUT2D eigenvalue weighted by atomic mass is 127. The molecular formula is C21H29FIN3O. The summed E-state index contributed by atoms with van der Waals surface area (Å²) in [6.07, 6.45) is 0. The zero-order chi connectivity index (χ0) is 19.0.